The van der Waals surface area contributed by atoms with Crippen LogP contribution in [0.5, 0.6) is 0 Å². The van der Waals surface area contributed by atoms with Crippen molar-refractivity contribution in [2.24, 2.45) is 5.92 Å². The monoisotopic (exact) mass is 280 g/mol. The number of nitrogens with one attached hydrogen (secondary N) is 1. The van der Waals surface area contributed by atoms with Crippen LogP contribution in [-0.2, 0) is 0 Å². The molecular formula is C16H32N4. The Labute approximate surface area is 125 Å². The second-order valence-electron chi connectivity index (χ2n) is 7.15. The van der Waals surface area contributed by atoms with Crippen molar-refractivity contribution >= 4 is 0 Å². The van der Waals surface area contributed by atoms with Gasteiger partial charge in [0.1, 0.15) is 5.54 Å². The van der Waals surface area contributed by atoms with Gasteiger partial charge in [0.15, 0.2) is 0 Å². The Kier molecular flexibility index (Phi) is 6.44. The molecule has 0 saturated carbocycles. The summed E-state index contributed by atoms with van der Waals surface area (Å²) in [6.07, 6.45) is 2.16. The number of likely N-dealkylation sites (tertiary alicyclic amines) is 1. The van der Waals surface area contributed by atoms with Gasteiger partial charge in [-0.15, -0.1) is 0 Å². The molecule has 4 heteroatoms. The molecule has 20 heavy (non-hydrogen) atoms. The maximum atomic E-state index is 9.45. The summed E-state index contributed by atoms with van der Waals surface area (Å²) >= 11 is 0. The van der Waals surface area contributed by atoms with E-state index in [4.69, 9.17) is 0 Å². The van der Waals surface area contributed by atoms with E-state index < -0.39 is 5.54 Å². The highest BCUT2D eigenvalue weighted by Crippen LogP contribution is 2.20. The Morgan fingerprint density at radius 2 is 2.10 bits per heavy atom. The fraction of sp³-hybridized carbons (Fsp3) is 0.938. The van der Waals surface area contributed by atoms with Crippen molar-refractivity contribution in [2.75, 3.05) is 33.7 Å². The lowest BCUT2D eigenvalue weighted by Gasteiger charge is -2.34. The SMILES string of the molecule is CC(C)NC(C)(C#N)CC(C)N(C)CC1CCN(C)C1. The van der Waals surface area contributed by atoms with Gasteiger partial charge in [0.25, 0.3) is 0 Å². The highest BCUT2D eigenvalue weighted by molar-refractivity contribution is 5.06. The zero-order chi connectivity index (χ0) is 15.3. The summed E-state index contributed by atoms with van der Waals surface area (Å²) in [4.78, 5) is 4.82. The number of nitriles is 1. The summed E-state index contributed by atoms with van der Waals surface area (Å²) in [5, 5.41) is 12.8. The van der Waals surface area contributed by atoms with Gasteiger partial charge in [0.2, 0.25) is 0 Å². The van der Waals surface area contributed by atoms with E-state index in [1.165, 1.54) is 19.5 Å². The Morgan fingerprint density at radius 3 is 2.55 bits per heavy atom. The van der Waals surface area contributed by atoms with E-state index in [1.54, 1.807) is 0 Å². The van der Waals surface area contributed by atoms with Gasteiger partial charge in [0.05, 0.1) is 6.07 Å². The number of hydrogen-bond acceptors (Lipinski definition) is 4. The zero-order valence-corrected chi connectivity index (χ0v) is 14.1. The highest BCUT2D eigenvalue weighted by atomic mass is 15.2. The zero-order valence-electron chi connectivity index (χ0n) is 14.1. The Balaban J connectivity index is 2.47. The third-order valence-electron chi connectivity index (χ3n) is 4.35. The largest absolute Gasteiger partial charge is 0.306 e. The van der Waals surface area contributed by atoms with E-state index in [2.05, 4.69) is 56.1 Å². The molecule has 0 spiro atoms. The van der Waals surface area contributed by atoms with Crippen molar-refractivity contribution in [1.29, 1.82) is 5.26 Å². The van der Waals surface area contributed by atoms with Crippen LogP contribution in [0, 0.1) is 17.2 Å². The average molecular weight is 280 g/mol. The van der Waals surface area contributed by atoms with Crippen LogP contribution >= 0.6 is 0 Å². The van der Waals surface area contributed by atoms with Crippen molar-refractivity contribution in [2.45, 2.75) is 58.2 Å². The van der Waals surface area contributed by atoms with Crippen LogP contribution in [0.1, 0.15) is 40.5 Å². The molecule has 1 heterocycles. The Bertz CT molecular complexity index is 336. The molecule has 0 amide bonds. The van der Waals surface area contributed by atoms with Crippen LogP contribution < -0.4 is 5.32 Å². The minimum Gasteiger partial charge on any atom is -0.306 e. The third-order valence-corrected chi connectivity index (χ3v) is 4.35. The first-order valence-electron chi connectivity index (χ1n) is 7.83. The van der Waals surface area contributed by atoms with E-state index >= 15 is 0 Å². The van der Waals surface area contributed by atoms with Gasteiger partial charge in [-0.25, -0.2) is 0 Å². The lowest BCUT2D eigenvalue weighted by atomic mass is 9.93. The van der Waals surface area contributed by atoms with Crippen molar-refractivity contribution in [3.63, 3.8) is 0 Å². The van der Waals surface area contributed by atoms with Gasteiger partial charge in [-0.3, -0.25) is 5.32 Å². The smallest absolute Gasteiger partial charge is 0.105 e. The van der Waals surface area contributed by atoms with Crippen molar-refractivity contribution in [3.8, 4) is 6.07 Å². The van der Waals surface area contributed by atoms with E-state index in [1.807, 2.05) is 6.92 Å². The topological polar surface area (TPSA) is 42.3 Å². The standard InChI is InChI=1S/C16H32N4/c1-13(2)18-16(4,12-17)9-14(3)20(6)11-15-7-8-19(5)10-15/h13-15,18H,7-11H2,1-6H3. The maximum absolute atomic E-state index is 9.45. The number of nitrogens with zero attached hydrogens (tertiary/aromatic N) is 3. The van der Waals surface area contributed by atoms with Crippen molar-refractivity contribution in [3.05, 3.63) is 0 Å². The van der Waals surface area contributed by atoms with Crippen LogP contribution in [-0.4, -0.2) is 61.2 Å². The lowest BCUT2D eigenvalue weighted by molar-refractivity contribution is 0.183. The predicted molar refractivity (Wildman–Crippen MR) is 84.6 cm³/mol. The molecular weight excluding hydrogens is 248 g/mol. The summed E-state index contributed by atoms with van der Waals surface area (Å²) in [5.74, 6) is 0.777. The molecule has 1 fully saturated rings. The molecule has 0 radical (unpaired) electrons. The maximum Gasteiger partial charge on any atom is 0.105 e. The van der Waals surface area contributed by atoms with Gasteiger partial charge >= 0.3 is 0 Å². The first-order chi connectivity index (χ1) is 9.25. The third kappa shape index (κ3) is 5.40. The van der Waals surface area contributed by atoms with Crippen LogP contribution in [0.3, 0.4) is 0 Å². The minimum atomic E-state index is -0.436. The molecule has 1 aliphatic heterocycles. The molecule has 0 bridgehead atoms. The summed E-state index contributed by atoms with van der Waals surface area (Å²) in [5.41, 5.74) is -0.436. The number of rotatable bonds is 7. The summed E-state index contributed by atoms with van der Waals surface area (Å²) in [6, 6.07) is 3.20. The predicted octanol–water partition coefficient (Wildman–Crippen LogP) is 1.93. The van der Waals surface area contributed by atoms with Gasteiger partial charge in [-0.2, -0.15) is 5.26 Å². The second kappa shape index (κ2) is 7.40. The summed E-state index contributed by atoms with van der Waals surface area (Å²) in [7, 11) is 4.39. The molecule has 3 unspecified atom stereocenters. The molecule has 0 aromatic heterocycles. The molecule has 1 N–H and O–H groups in total. The van der Waals surface area contributed by atoms with Gasteiger partial charge in [-0.1, -0.05) is 0 Å². The first-order valence-corrected chi connectivity index (χ1v) is 7.83. The van der Waals surface area contributed by atoms with Crippen LogP contribution in [0.4, 0.5) is 0 Å². The van der Waals surface area contributed by atoms with Crippen LogP contribution in [0.2, 0.25) is 0 Å². The Morgan fingerprint density at radius 1 is 1.45 bits per heavy atom. The average Bonchev–Trinajstić information content (AvgIpc) is 2.73. The van der Waals surface area contributed by atoms with Crippen LogP contribution in [0.25, 0.3) is 0 Å². The van der Waals surface area contributed by atoms with Gasteiger partial charge < -0.3 is 9.80 Å². The normalized spacial score (nSPS) is 24.9. The van der Waals surface area contributed by atoms with Crippen molar-refractivity contribution < 1.29 is 0 Å². The molecule has 1 saturated heterocycles. The fourth-order valence-corrected chi connectivity index (χ4v) is 3.28. The molecule has 1 aliphatic rings. The van der Waals surface area contributed by atoms with Crippen LogP contribution in [0.15, 0.2) is 0 Å². The van der Waals surface area contributed by atoms with Crippen molar-refractivity contribution in [1.82, 2.24) is 15.1 Å². The second-order valence-corrected chi connectivity index (χ2v) is 7.15. The van der Waals surface area contributed by atoms with E-state index in [0.717, 1.165) is 18.9 Å². The molecule has 0 aliphatic carbocycles. The fourth-order valence-electron chi connectivity index (χ4n) is 3.28. The van der Waals surface area contributed by atoms with E-state index in [9.17, 15) is 5.26 Å². The molecule has 4 nitrogen and oxygen atoms in total. The number of hydrogen-bond donors (Lipinski definition) is 1. The molecule has 116 valence electrons. The van der Waals surface area contributed by atoms with Gasteiger partial charge in [-0.05, 0) is 67.1 Å². The highest BCUT2D eigenvalue weighted by Gasteiger charge is 2.29. The minimum absolute atomic E-state index is 0.334. The van der Waals surface area contributed by atoms with Gasteiger partial charge in [0, 0.05) is 25.2 Å². The van der Waals surface area contributed by atoms with E-state index in [0.29, 0.717) is 12.1 Å². The van der Waals surface area contributed by atoms with E-state index in [-0.39, 0.29) is 0 Å². The molecule has 1 rings (SSSR count). The Hall–Kier alpha value is -0.630. The molecule has 0 aromatic rings. The molecule has 0 aromatic carbocycles. The summed E-state index contributed by atoms with van der Waals surface area (Å²) in [6.45, 7) is 12.0. The molecule has 3 atom stereocenters. The quantitative estimate of drug-likeness (QED) is 0.774. The lowest BCUT2D eigenvalue weighted by Crippen LogP contribution is -2.49. The first kappa shape index (κ1) is 17.4. The summed E-state index contributed by atoms with van der Waals surface area (Å²) < 4.78 is 0.